The normalized spacial score (nSPS) is 14.1. The van der Waals surface area contributed by atoms with Crippen LogP contribution in [0.1, 0.15) is 18.4 Å². The average Bonchev–Trinajstić information content (AvgIpc) is 3.32. The summed E-state index contributed by atoms with van der Waals surface area (Å²) in [5, 5.41) is 15.7. The van der Waals surface area contributed by atoms with Crippen molar-refractivity contribution in [1.82, 2.24) is 9.97 Å². The summed E-state index contributed by atoms with van der Waals surface area (Å²) in [5.41, 5.74) is 2.31. The van der Waals surface area contributed by atoms with E-state index in [9.17, 15) is 10.1 Å². The molecule has 1 aliphatic rings. The average molecular weight is 351 g/mol. The zero-order chi connectivity index (χ0) is 17.9. The maximum absolute atomic E-state index is 11.3. The van der Waals surface area contributed by atoms with Gasteiger partial charge >= 0.3 is 5.69 Å². The molecular formula is C19H21N5O2. The van der Waals surface area contributed by atoms with Crippen molar-refractivity contribution in [1.29, 1.82) is 0 Å². The van der Waals surface area contributed by atoms with Crippen LogP contribution < -0.4 is 10.2 Å². The van der Waals surface area contributed by atoms with Crippen LogP contribution >= 0.6 is 0 Å². The molecule has 1 aromatic carbocycles. The van der Waals surface area contributed by atoms with Crippen LogP contribution in [-0.4, -0.2) is 34.5 Å². The van der Waals surface area contributed by atoms with Crippen molar-refractivity contribution >= 4 is 28.2 Å². The van der Waals surface area contributed by atoms with Crippen molar-refractivity contribution in [2.75, 3.05) is 29.9 Å². The first-order chi connectivity index (χ1) is 12.7. The third-order valence-corrected chi connectivity index (χ3v) is 4.85. The fraction of sp³-hybridized carbons (Fsp3) is 0.316. The first-order valence-electron chi connectivity index (χ1n) is 8.91. The molecule has 0 saturated carbocycles. The number of hydrogen-bond acceptors (Lipinski definition) is 5. The van der Waals surface area contributed by atoms with Gasteiger partial charge in [-0.2, -0.15) is 0 Å². The van der Waals surface area contributed by atoms with Gasteiger partial charge in [-0.05, 0) is 37.0 Å². The molecule has 0 bridgehead atoms. The zero-order valence-corrected chi connectivity index (χ0v) is 14.4. The summed E-state index contributed by atoms with van der Waals surface area (Å²) in [6.45, 7) is 2.50. The van der Waals surface area contributed by atoms with Gasteiger partial charge in [-0.25, -0.2) is 4.98 Å². The van der Waals surface area contributed by atoms with E-state index in [4.69, 9.17) is 0 Å². The topological polar surface area (TPSA) is 87.1 Å². The van der Waals surface area contributed by atoms with Crippen LogP contribution in [0.15, 0.2) is 42.6 Å². The molecule has 1 saturated heterocycles. The van der Waals surface area contributed by atoms with Gasteiger partial charge in [-0.15, -0.1) is 0 Å². The lowest BCUT2D eigenvalue weighted by atomic mass is 10.1. The number of nitro groups is 1. The fourth-order valence-corrected chi connectivity index (χ4v) is 3.50. The number of anilines is 2. The standard InChI is InChI=1S/C19H21N5O2/c25-24(26)17-7-8-18(23-11-3-4-12-23)22-19(17)20-10-9-14-13-21-16-6-2-1-5-15(14)16/h1-2,5-8,13,21H,3-4,9-12H2,(H,20,22). The Bertz CT molecular complexity index is 931. The van der Waals surface area contributed by atoms with Crippen molar-refractivity contribution in [3.63, 3.8) is 0 Å². The molecule has 0 atom stereocenters. The SMILES string of the molecule is O=[N+]([O-])c1ccc(N2CCCC2)nc1NCCc1c[nH]c2ccccc12. The van der Waals surface area contributed by atoms with Crippen molar-refractivity contribution in [2.24, 2.45) is 0 Å². The second kappa shape index (κ2) is 7.03. The number of nitrogens with zero attached hydrogens (tertiary/aromatic N) is 3. The second-order valence-electron chi connectivity index (χ2n) is 6.52. The molecule has 7 heteroatoms. The molecule has 0 unspecified atom stereocenters. The lowest BCUT2D eigenvalue weighted by Gasteiger charge is -2.17. The van der Waals surface area contributed by atoms with E-state index in [1.807, 2.05) is 24.4 Å². The first-order valence-corrected chi connectivity index (χ1v) is 8.91. The molecule has 2 N–H and O–H groups in total. The predicted octanol–water partition coefficient (Wildman–Crippen LogP) is 3.73. The Morgan fingerprint density at radius 1 is 1.19 bits per heavy atom. The Balaban J connectivity index is 1.50. The maximum Gasteiger partial charge on any atom is 0.311 e. The molecule has 0 amide bonds. The molecule has 7 nitrogen and oxygen atoms in total. The monoisotopic (exact) mass is 351 g/mol. The summed E-state index contributed by atoms with van der Waals surface area (Å²) >= 11 is 0. The van der Waals surface area contributed by atoms with Gasteiger partial charge in [0.2, 0.25) is 5.82 Å². The lowest BCUT2D eigenvalue weighted by molar-refractivity contribution is -0.384. The van der Waals surface area contributed by atoms with Gasteiger partial charge in [-0.3, -0.25) is 10.1 Å². The Morgan fingerprint density at radius 3 is 2.81 bits per heavy atom. The maximum atomic E-state index is 11.3. The molecule has 0 aliphatic carbocycles. The fourth-order valence-electron chi connectivity index (χ4n) is 3.50. The van der Waals surface area contributed by atoms with Crippen LogP contribution in [-0.2, 0) is 6.42 Å². The molecule has 26 heavy (non-hydrogen) atoms. The van der Waals surface area contributed by atoms with E-state index in [0.29, 0.717) is 12.4 Å². The van der Waals surface area contributed by atoms with Crippen LogP contribution in [0.25, 0.3) is 10.9 Å². The lowest BCUT2D eigenvalue weighted by Crippen LogP contribution is -2.20. The zero-order valence-electron chi connectivity index (χ0n) is 14.4. The molecule has 0 spiro atoms. The third kappa shape index (κ3) is 3.20. The highest BCUT2D eigenvalue weighted by Gasteiger charge is 2.20. The van der Waals surface area contributed by atoms with Gasteiger partial charge in [0.15, 0.2) is 0 Å². The number of H-pyrrole nitrogens is 1. The molecule has 0 radical (unpaired) electrons. The summed E-state index contributed by atoms with van der Waals surface area (Å²) in [7, 11) is 0. The van der Waals surface area contributed by atoms with Gasteiger partial charge in [0.05, 0.1) is 4.92 Å². The minimum Gasteiger partial charge on any atom is -0.364 e. The third-order valence-electron chi connectivity index (χ3n) is 4.85. The Labute approximate surface area is 151 Å². The van der Waals surface area contributed by atoms with Crippen LogP contribution in [0.3, 0.4) is 0 Å². The molecule has 1 aliphatic heterocycles. The van der Waals surface area contributed by atoms with Crippen LogP contribution in [0.2, 0.25) is 0 Å². The second-order valence-corrected chi connectivity index (χ2v) is 6.52. The van der Waals surface area contributed by atoms with E-state index in [1.165, 1.54) is 10.9 Å². The molecule has 134 valence electrons. The quantitative estimate of drug-likeness (QED) is 0.522. The number of rotatable bonds is 6. The number of aromatic nitrogens is 2. The molecule has 4 rings (SSSR count). The number of benzene rings is 1. The molecule has 3 heterocycles. The number of nitrogens with one attached hydrogen (secondary N) is 2. The first kappa shape index (κ1) is 16.4. The Kier molecular flexibility index (Phi) is 4.43. The number of fused-ring (bicyclic) bond motifs is 1. The van der Waals surface area contributed by atoms with Crippen LogP contribution in [0.4, 0.5) is 17.3 Å². The van der Waals surface area contributed by atoms with E-state index in [1.54, 1.807) is 12.1 Å². The highest BCUT2D eigenvalue weighted by molar-refractivity contribution is 5.83. The van der Waals surface area contributed by atoms with E-state index in [0.717, 1.165) is 43.7 Å². The molecule has 3 aromatic rings. The number of aromatic amines is 1. The largest absolute Gasteiger partial charge is 0.364 e. The Hall–Kier alpha value is -3.09. The van der Waals surface area contributed by atoms with Gasteiger partial charge in [-0.1, -0.05) is 18.2 Å². The summed E-state index contributed by atoms with van der Waals surface area (Å²) in [6.07, 6.45) is 5.04. The van der Waals surface area contributed by atoms with Gasteiger partial charge in [0.1, 0.15) is 5.82 Å². The van der Waals surface area contributed by atoms with E-state index < -0.39 is 0 Å². The van der Waals surface area contributed by atoms with E-state index >= 15 is 0 Å². The van der Waals surface area contributed by atoms with Gasteiger partial charge < -0.3 is 15.2 Å². The highest BCUT2D eigenvalue weighted by atomic mass is 16.6. The van der Waals surface area contributed by atoms with E-state index in [-0.39, 0.29) is 10.6 Å². The van der Waals surface area contributed by atoms with Crippen molar-refractivity contribution in [2.45, 2.75) is 19.3 Å². The number of pyridine rings is 1. The van der Waals surface area contributed by atoms with Crippen molar-refractivity contribution < 1.29 is 4.92 Å². The van der Waals surface area contributed by atoms with Gasteiger partial charge in [0, 0.05) is 42.8 Å². The van der Waals surface area contributed by atoms with Gasteiger partial charge in [0.25, 0.3) is 0 Å². The van der Waals surface area contributed by atoms with E-state index in [2.05, 4.69) is 26.3 Å². The van der Waals surface area contributed by atoms with Crippen molar-refractivity contribution in [3.8, 4) is 0 Å². The molecule has 2 aromatic heterocycles. The summed E-state index contributed by atoms with van der Waals surface area (Å²) in [6, 6.07) is 11.4. The smallest absolute Gasteiger partial charge is 0.311 e. The summed E-state index contributed by atoms with van der Waals surface area (Å²) in [5.74, 6) is 1.15. The van der Waals surface area contributed by atoms with Crippen molar-refractivity contribution in [3.05, 3.63) is 58.3 Å². The summed E-state index contributed by atoms with van der Waals surface area (Å²) in [4.78, 5) is 20.9. The summed E-state index contributed by atoms with van der Waals surface area (Å²) < 4.78 is 0. The highest BCUT2D eigenvalue weighted by Crippen LogP contribution is 2.27. The predicted molar refractivity (Wildman–Crippen MR) is 103 cm³/mol. The minimum atomic E-state index is -0.380. The number of hydrogen-bond donors (Lipinski definition) is 2. The molecule has 1 fully saturated rings. The van der Waals surface area contributed by atoms with Crippen LogP contribution in [0, 0.1) is 10.1 Å². The Morgan fingerprint density at radius 2 is 2.00 bits per heavy atom. The molecular weight excluding hydrogens is 330 g/mol. The minimum absolute atomic E-state index is 0.0203. The number of para-hydroxylation sites is 1. The van der Waals surface area contributed by atoms with Crippen LogP contribution in [0.5, 0.6) is 0 Å².